The molecule has 2 atom stereocenters. The van der Waals surface area contributed by atoms with E-state index in [1.807, 2.05) is 0 Å². The van der Waals surface area contributed by atoms with Crippen LogP contribution < -0.4 is 9.80 Å². The Hall–Kier alpha value is -2.03. The fourth-order valence-electron chi connectivity index (χ4n) is 5.24. The van der Waals surface area contributed by atoms with Gasteiger partial charge < -0.3 is 9.80 Å². The molecule has 1 aromatic heterocycles. The number of aromatic nitrogens is 1. The van der Waals surface area contributed by atoms with E-state index < -0.39 is 0 Å². The van der Waals surface area contributed by atoms with E-state index in [9.17, 15) is 0 Å². The molecule has 0 bridgehead atoms. The molecule has 2 fully saturated rings. The van der Waals surface area contributed by atoms with Crippen LogP contribution in [0.2, 0.25) is 0 Å². The van der Waals surface area contributed by atoms with E-state index in [2.05, 4.69) is 52.3 Å². The number of anilines is 2. The lowest BCUT2D eigenvalue weighted by Gasteiger charge is -2.38. The summed E-state index contributed by atoms with van der Waals surface area (Å²) in [7, 11) is 0. The van der Waals surface area contributed by atoms with Crippen molar-refractivity contribution in [2.24, 2.45) is 11.8 Å². The number of pyridine rings is 1. The minimum atomic E-state index is 0.897. The van der Waals surface area contributed by atoms with Crippen molar-refractivity contribution >= 4 is 11.5 Å². The number of piperazine rings is 1. The standard InChI is InChI=1S/C23H29N3/c1-2-8-21(9-3-1)25-12-14-26(15-13-25)23-11-10-20-16-18-6-4-5-7-19(18)17-22(20)24-23/h1-3,8-11,18-19H,4-7,12-17H2. The molecule has 3 nitrogen and oxygen atoms in total. The van der Waals surface area contributed by atoms with Crippen molar-refractivity contribution in [2.75, 3.05) is 36.0 Å². The lowest BCUT2D eigenvalue weighted by molar-refractivity contribution is 0.218. The molecular formula is C23H29N3. The van der Waals surface area contributed by atoms with Gasteiger partial charge in [0.2, 0.25) is 0 Å². The Morgan fingerprint density at radius 3 is 2.19 bits per heavy atom. The van der Waals surface area contributed by atoms with Gasteiger partial charge in [0.15, 0.2) is 0 Å². The van der Waals surface area contributed by atoms with Crippen LogP contribution in [0.25, 0.3) is 0 Å². The van der Waals surface area contributed by atoms with Crippen LogP contribution >= 0.6 is 0 Å². The van der Waals surface area contributed by atoms with Crippen molar-refractivity contribution < 1.29 is 0 Å². The molecule has 0 amide bonds. The fourth-order valence-corrected chi connectivity index (χ4v) is 5.24. The summed E-state index contributed by atoms with van der Waals surface area (Å²) in [5.74, 6) is 3.03. The monoisotopic (exact) mass is 347 g/mol. The number of hydrogen-bond acceptors (Lipinski definition) is 3. The van der Waals surface area contributed by atoms with Crippen LogP contribution in [0.15, 0.2) is 42.5 Å². The predicted octanol–water partition coefficient (Wildman–Crippen LogP) is 4.31. The quantitative estimate of drug-likeness (QED) is 0.807. The van der Waals surface area contributed by atoms with Crippen LogP contribution in [0.4, 0.5) is 11.5 Å². The number of nitrogens with zero attached hydrogens (tertiary/aromatic N) is 3. The molecule has 1 aliphatic heterocycles. The Balaban J connectivity index is 1.28. The summed E-state index contributed by atoms with van der Waals surface area (Å²) in [5, 5.41) is 0. The first-order valence-electron chi connectivity index (χ1n) is 10.4. The van der Waals surface area contributed by atoms with Gasteiger partial charge in [-0.05, 0) is 61.3 Å². The summed E-state index contributed by atoms with van der Waals surface area (Å²) in [6.07, 6.45) is 8.22. The van der Waals surface area contributed by atoms with Crippen molar-refractivity contribution in [3.05, 3.63) is 53.7 Å². The molecule has 1 aromatic carbocycles. The van der Waals surface area contributed by atoms with Crippen molar-refractivity contribution in [3.8, 4) is 0 Å². The van der Waals surface area contributed by atoms with Crippen LogP contribution in [0, 0.1) is 11.8 Å². The largest absolute Gasteiger partial charge is 0.368 e. The van der Waals surface area contributed by atoms with Crippen LogP contribution in [-0.2, 0) is 12.8 Å². The molecule has 3 heteroatoms. The van der Waals surface area contributed by atoms with Gasteiger partial charge in [-0.25, -0.2) is 4.98 Å². The van der Waals surface area contributed by atoms with Gasteiger partial charge in [-0.1, -0.05) is 37.1 Å². The second-order valence-electron chi connectivity index (χ2n) is 8.30. The molecular weight excluding hydrogens is 318 g/mol. The molecule has 5 rings (SSSR count). The predicted molar refractivity (Wildman–Crippen MR) is 108 cm³/mol. The van der Waals surface area contributed by atoms with Gasteiger partial charge in [-0.3, -0.25) is 0 Å². The summed E-state index contributed by atoms with van der Waals surface area (Å²) in [5.41, 5.74) is 4.27. The zero-order chi connectivity index (χ0) is 17.3. The van der Waals surface area contributed by atoms with Gasteiger partial charge in [0.25, 0.3) is 0 Å². The van der Waals surface area contributed by atoms with Gasteiger partial charge in [-0.15, -0.1) is 0 Å². The maximum absolute atomic E-state index is 5.13. The Labute approximate surface area is 157 Å². The highest BCUT2D eigenvalue weighted by molar-refractivity contribution is 5.50. The minimum Gasteiger partial charge on any atom is -0.368 e. The average molecular weight is 348 g/mol. The van der Waals surface area contributed by atoms with E-state index in [0.29, 0.717) is 0 Å². The Morgan fingerprint density at radius 2 is 1.42 bits per heavy atom. The molecule has 2 unspecified atom stereocenters. The molecule has 0 spiro atoms. The van der Waals surface area contributed by atoms with Gasteiger partial charge in [0.1, 0.15) is 5.82 Å². The normalized spacial score (nSPS) is 25.5. The number of rotatable bonds is 2. The SMILES string of the molecule is c1ccc(N2CCN(c3ccc4c(n3)CC3CCCCC3C4)CC2)cc1. The van der Waals surface area contributed by atoms with Crippen molar-refractivity contribution in [2.45, 2.75) is 38.5 Å². The number of hydrogen-bond donors (Lipinski definition) is 0. The first kappa shape index (κ1) is 16.2. The maximum Gasteiger partial charge on any atom is 0.128 e. The van der Waals surface area contributed by atoms with Gasteiger partial charge in [0.05, 0.1) is 0 Å². The van der Waals surface area contributed by atoms with Gasteiger partial charge in [-0.2, -0.15) is 0 Å². The number of benzene rings is 1. The zero-order valence-corrected chi connectivity index (χ0v) is 15.6. The zero-order valence-electron chi connectivity index (χ0n) is 15.6. The number of para-hydroxylation sites is 1. The molecule has 2 heterocycles. The van der Waals surface area contributed by atoms with E-state index in [4.69, 9.17) is 4.98 Å². The third kappa shape index (κ3) is 3.08. The van der Waals surface area contributed by atoms with Crippen molar-refractivity contribution in [1.29, 1.82) is 0 Å². The molecule has 2 aromatic rings. The Bertz CT molecular complexity index is 749. The summed E-state index contributed by atoms with van der Waals surface area (Å²) in [4.78, 5) is 10.1. The maximum atomic E-state index is 5.13. The summed E-state index contributed by atoms with van der Waals surface area (Å²) >= 11 is 0. The van der Waals surface area contributed by atoms with Gasteiger partial charge in [0, 0.05) is 37.6 Å². The van der Waals surface area contributed by atoms with Crippen LogP contribution in [0.1, 0.15) is 36.9 Å². The Morgan fingerprint density at radius 1 is 0.731 bits per heavy atom. The van der Waals surface area contributed by atoms with E-state index in [0.717, 1.165) is 38.0 Å². The molecule has 0 N–H and O–H groups in total. The lowest BCUT2D eigenvalue weighted by Crippen LogP contribution is -2.47. The van der Waals surface area contributed by atoms with E-state index in [-0.39, 0.29) is 0 Å². The van der Waals surface area contributed by atoms with E-state index >= 15 is 0 Å². The van der Waals surface area contributed by atoms with Crippen LogP contribution in [0.5, 0.6) is 0 Å². The van der Waals surface area contributed by atoms with Crippen molar-refractivity contribution in [3.63, 3.8) is 0 Å². The molecule has 3 aliphatic rings. The first-order chi connectivity index (χ1) is 12.9. The lowest BCUT2D eigenvalue weighted by atomic mass is 9.70. The average Bonchev–Trinajstić information content (AvgIpc) is 2.72. The molecule has 26 heavy (non-hydrogen) atoms. The molecule has 1 saturated heterocycles. The molecule has 2 aliphatic carbocycles. The van der Waals surface area contributed by atoms with Gasteiger partial charge >= 0.3 is 0 Å². The second-order valence-corrected chi connectivity index (χ2v) is 8.30. The van der Waals surface area contributed by atoms with Crippen molar-refractivity contribution in [1.82, 2.24) is 4.98 Å². The summed E-state index contributed by atoms with van der Waals surface area (Å²) in [6.45, 7) is 4.28. The highest BCUT2D eigenvalue weighted by Crippen LogP contribution is 2.39. The highest BCUT2D eigenvalue weighted by atomic mass is 15.3. The first-order valence-corrected chi connectivity index (χ1v) is 10.4. The Kier molecular flexibility index (Phi) is 4.32. The molecule has 0 radical (unpaired) electrons. The molecule has 1 saturated carbocycles. The number of fused-ring (bicyclic) bond motifs is 2. The highest BCUT2D eigenvalue weighted by Gasteiger charge is 2.31. The molecule has 136 valence electrons. The fraction of sp³-hybridized carbons (Fsp3) is 0.522. The summed E-state index contributed by atoms with van der Waals surface area (Å²) in [6, 6.07) is 15.4. The summed E-state index contributed by atoms with van der Waals surface area (Å²) < 4.78 is 0. The second kappa shape index (κ2) is 6.94. The minimum absolute atomic E-state index is 0.897. The third-order valence-corrected chi connectivity index (χ3v) is 6.78. The van der Waals surface area contributed by atoms with E-state index in [1.165, 1.54) is 61.3 Å². The third-order valence-electron chi connectivity index (χ3n) is 6.78. The van der Waals surface area contributed by atoms with Crippen LogP contribution in [-0.4, -0.2) is 31.2 Å². The van der Waals surface area contributed by atoms with E-state index in [1.54, 1.807) is 0 Å². The van der Waals surface area contributed by atoms with Crippen LogP contribution in [0.3, 0.4) is 0 Å². The topological polar surface area (TPSA) is 19.4 Å². The smallest absolute Gasteiger partial charge is 0.128 e.